The van der Waals surface area contributed by atoms with Crippen LogP contribution in [0.4, 0.5) is 20.5 Å². The molecule has 0 bridgehead atoms. The molecule has 1 saturated carbocycles. The molecular formula is C26H34F2N7O7P. The lowest BCUT2D eigenvalue weighted by molar-refractivity contribution is -0.149. The molecule has 14 nitrogen and oxygen atoms in total. The van der Waals surface area contributed by atoms with Gasteiger partial charge in [0.1, 0.15) is 30.7 Å². The largest absolute Gasteiger partial charge is 0.462 e. The summed E-state index contributed by atoms with van der Waals surface area (Å²) in [5.74, 6) is -0.385. The SMILES string of the molecule is CC(C)OC(=O)[C@H](C)N[P@](=O)(OC[C@H]1O[C@@H](n2cnc3c(NC4CC4)nc(N)nc32)[C@@](F)(CF)[C@@H]1O)Oc1ccccc1. The van der Waals surface area contributed by atoms with E-state index < -0.39 is 63.2 Å². The highest BCUT2D eigenvalue weighted by Crippen LogP contribution is 2.48. The maximum atomic E-state index is 16.1. The molecule has 0 unspecified atom stereocenters. The fraction of sp³-hybridized carbons (Fsp3) is 0.538. The molecule has 0 radical (unpaired) electrons. The number of imidazole rings is 1. The highest BCUT2D eigenvalue weighted by atomic mass is 31.2. The number of aromatic nitrogens is 4. The molecule has 1 aromatic carbocycles. The molecule has 1 aliphatic heterocycles. The molecule has 3 heterocycles. The molecule has 1 aliphatic carbocycles. The van der Waals surface area contributed by atoms with Gasteiger partial charge in [-0.1, -0.05) is 18.2 Å². The van der Waals surface area contributed by atoms with E-state index in [0.717, 1.165) is 17.4 Å². The van der Waals surface area contributed by atoms with Gasteiger partial charge in [-0.15, -0.1) is 0 Å². The standard InChI is InChI=1S/C26H34F2N7O7P/c1-14(2)40-23(37)15(3)34-43(38,42-17-7-5-4-6-8-17)39-11-18-20(36)26(28,12-27)24(41-18)35-13-30-19-21(31-16-9-10-16)32-25(29)33-22(19)35/h4-8,13-16,18,20,24,36H,9-12H2,1-3H3,(H,34,38)(H3,29,31,32,33)/t15-,18+,20+,24+,26+,43-/m0/s1. The Balaban J connectivity index is 1.38. The van der Waals surface area contributed by atoms with Gasteiger partial charge in [0, 0.05) is 6.04 Å². The third-order valence-corrected chi connectivity index (χ3v) is 8.45. The quantitative estimate of drug-likeness (QED) is 0.161. The summed E-state index contributed by atoms with van der Waals surface area (Å²) in [4.78, 5) is 25.0. The maximum Gasteiger partial charge on any atom is 0.459 e. The van der Waals surface area contributed by atoms with Crippen molar-refractivity contribution in [2.75, 3.05) is 24.3 Å². The van der Waals surface area contributed by atoms with E-state index in [4.69, 9.17) is 24.3 Å². The lowest BCUT2D eigenvalue weighted by Gasteiger charge is -2.26. The Hall–Kier alpha value is -3.43. The van der Waals surface area contributed by atoms with E-state index >= 15 is 4.39 Å². The highest BCUT2D eigenvalue weighted by Gasteiger charge is 2.59. The molecule has 2 aliphatic rings. The zero-order valence-electron chi connectivity index (χ0n) is 23.7. The number of fused-ring (bicyclic) bond motifs is 1. The number of hydrogen-bond acceptors (Lipinski definition) is 12. The van der Waals surface area contributed by atoms with Crippen molar-refractivity contribution < 1.29 is 41.8 Å². The monoisotopic (exact) mass is 625 g/mol. The van der Waals surface area contributed by atoms with Crippen molar-refractivity contribution in [2.24, 2.45) is 0 Å². The van der Waals surface area contributed by atoms with Crippen LogP contribution < -0.4 is 20.7 Å². The van der Waals surface area contributed by atoms with Crippen molar-refractivity contribution in [3.63, 3.8) is 0 Å². The number of nitrogens with two attached hydrogens (primary N) is 1. The molecule has 2 aromatic heterocycles. The number of ether oxygens (including phenoxy) is 2. The summed E-state index contributed by atoms with van der Waals surface area (Å²) in [6.45, 7) is 2.34. The topological polar surface area (TPSA) is 185 Å². The number of para-hydroxylation sites is 1. The molecule has 17 heteroatoms. The Bertz CT molecular complexity index is 1500. The van der Waals surface area contributed by atoms with Crippen LogP contribution in [0, 0.1) is 0 Å². The smallest absolute Gasteiger partial charge is 0.459 e. The molecule has 5 N–H and O–H groups in total. The first-order valence-corrected chi connectivity index (χ1v) is 15.3. The van der Waals surface area contributed by atoms with Gasteiger partial charge in [-0.25, -0.2) is 18.3 Å². The van der Waals surface area contributed by atoms with Gasteiger partial charge in [0.2, 0.25) is 11.6 Å². The molecule has 5 rings (SSSR count). The fourth-order valence-electron chi connectivity index (χ4n) is 4.51. The predicted molar refractivity (Wildman–Crippen MR) is 151 cm³/mol. The molecule has 2 fully saturated rings. The molecule has 0 amide bonds. The Morgan fingerprint density at radius 2 is 2.00 bits per heavy atom. The number of aliphatic hydroxyl groups excluding tert-OH is 1. The van der Waals surface area contributed by atoms with Gasteiger partial charge < -0.3 is 30.2 Å². The third-order valence-electron chi connectivity index (χ3n) is 6.81. The van der Waals surface area contributed by atoms with Crippen molar-refractivity contribution in [1.29, 1.82) is 0 Å². The normalized spacial score (nSPS) is 25.9. The van der Waals surface area contributed by atoms with Crippen LogP contribution in [0.5, 0.6) is 5.75 Å². The van der Waals surface area contributed by atoms with Crippen LogP contribution in [-0.2, 0) is 23.4 Å². The molecule has 6 atom stereocenters. The van der Waals surface area contributed by atoms with Crippen molar-refractivity contribution in [1.82, 2.24) is 24.6 Å². The summed E-state index contributed by atoms with van der Waals surface area (Å²) in [7, 11) is -4.39. The number of carbonyl (C=O) groups excluding carboxylic acids is 1. The molecule has 234 valence electrons. The number of halogens is 2. The van der Waals surface area contributed by atoms with E-state index in [-0.39, 0.29) is 28.9 Å². The third kappa shape index (κ3) is 6.73. The highest BCUT2D eigenvalue weighted by molar-refractivity contribution is 7.52. The van der Waals surface area contributed by atoms with E-state index in [2.05, 4.69) is 25.4 Å². The van der Waals surface area contributed by atoms with E-state index in [0.29, 0.717) is 5.82 Å². The van der Waals surface area contributed by atoms with Crippen molar-refractivity contribution in [3.05, 3.63) is 36.7 Å². The Kier molecular flexibility index (Phi) is 8.86. The predicted octanol–water partition coefficient (Wildman–Crippen LogP) is 3.05. The first-order chi connectivity index (χ1) is 20.4. The van der Waals surface area contributed by atoms with Crippen LogP contribution in [0.25, 0.3) is 11.2 Å². The Labute approximate surface area is 245 Å². The Morgan fingerprint density at radius 3 is 2.65 bits per heavy atom. The van der Waals surface area contributed by atoms with Gasteiger partial charge >= 0.3 is 13.7 Å². The van der Waals surface area contributed by atoms with Gasteiger partial charge in [0.05, 0.1) is 19.0 Å². The summed E-state index contributed by atoms with van der Waals surface area (Å²) in [5.41, 5.74) is 3.22. The lowest BCUT2D eigenvalue weighted by Crippen LogP contribution is -2.45. The minimum Gasteiger partial charge on any atom is -0.462 e. The number of nitrogens with zero attached hydrogens (tertiary/aromatic N) is 4. The number of nitrogen functional groups attached to an aromatic ring is 1. The molecule has 43 heavy (non-hydrogen) atoms. The maximum absolute atomic E-state index is 16.1. The minimum atomic E-state index is -4.39. The minimum absolute atomic E-state index is 0.0575. The summed E-state index contributed by atoms with van der Waals surface area (Å²) in [6, 6.07) is 7.01. The van der Waals surface area contributed by atoms with Gasteiger partial charge in [0.25, 0.3) is 0 Å². The second kappa shape index (κ2) is 12.3. The van der Waals surface area contributed by atoms with Crippen molar-refractivity contribution >= 4 is 36.6 Å². The Morgan fingerprint density at radius 1 is 1.28 bits per heavy atom. The number of benzene rings is 1. The van der Waals surface area contributed by atoms with Gasteiger partial charge in [0.15, 0.2) is 23.2 Å². The van der Waals surface area contributed by atoms with Crippen LogP contribution in [0.2, 0.25) is 0 Å². The van der Waals surface area contributed by atoms with E-state index in [9.17, 15) is 18.9 Å². The zero-order valence-corrected chi connectivity index (χ0v) is 24.6. The number of aliphatic hydroxyl groups is 1. The summed E-state index contributed by atoms with van der Waals surface area (Å²) in [5, 5.41) is 16.6. The van der Waals surface area contributed by atoms with Crippen molar-refractivity contribution in [3.8, 4) is 5.75 Å². The van der Waals surface area contributed by atoms with Gasteiger partial charge in [-0.2, -0.15) is 15.1 Å². The molecule has 3 aromatic rings. The first-order valence-electron chi connectivity index (χ1n) is 13.7. The van der Waals surface area contributed by atoms with E-state index in [1.165, 1.54) is 25.4 Å². The van der Waals surface area contributed by atoms with E-state index in [1.807, 2.05) is 0 Å². The number of hydrogen-bond donors (Lipinski definition) is 4. The van der Waals surface area contributed by atoms with Crippen molar-refractivity contribution in [2.45, 2.75) is 75.9 Å². The number of esters is 1. The summed E-state index contributed by atoms with van der Waals surface area (Å²) < 4.78 is 67.4. The number of carbonyl (C=O) groups is 1. The zero-order chi connectivity index (χ0) is 30.9. The first kappa shape index (κ1) is 31.0. The average molecular weight is 626 g/mol. The van der Waals surface area contributed by atoms with Crippen LogP contribution in [0.15, 0.2) is 36.7 Å². The van der Waals surface area contributed by atoms with Crippen LogP contribution >= 0.6 is 7.75 Å². The van der Waals surface area contributed by atoms with Gasteiger partial charge in [-0.3, -0.25) is 13.9 Å². The fourth-order valence-corrected chi connectivity index (χ4v) is 6.02. The summed E-state index contributed by atoms with van der Waals surface area (Å²) in [6.07, 6.45) is -2.73. The lowest BCUT2D eigenvalue weighted by atomic mass is 9.97. The van der Waals surface area contributed by atoms with Gasteiger partial charge in [-0.05, 0) is 45.7 Å². The molecule has 1 saturated heterocycles. The van der Waals surface area contributed by atoms with Crippen LogP contribution in [-0.4, -0.2) is 79.9 Å². The number of anilines is 2. The van der Waals surface area contributed by atoms with Crippen LogP contribution in [0.1, 0.15) is 39.8 Å². The number of rotatable bonds is 13. The molecule has 0 spiro atoms. The molecular weight excluding hydrogens is 591 g/mol. The second-order valence-corrected chi connectivity index (χ2v) is 12.4. The van der Waals surface area contributed by atoms with Crippen LogP contribution in [0.3, 0.4) is 0 Å². The number of alkyl halides is 2. The summed E-state index contributed by atoms with van der Waals surface area (Å²) >= 11 is 0. The van der Waals surface area contributed by atoms with E-state index in [1.54, 1.807) is 32.0 Å². The average Bonchev–Trinajstić information content (AvgIpc) is 3.62. The second-order valence-electron chi connectivity index (χ2n) is 10.7. The number of nitrogens with one attached hydrogen (secondary N) is 2.